The lowest BCUT2D eigenvalue weighted by atomic mass is 10.1. The highest BCUT2D eigenvalue weighted by Gasteiger charge is 2.13. The maximum Gasteiger partial charge on any atom is 0.237 e. The third-order valence-electron chi connectivity index (χ3n) is 3.85. The van der Waals surface area contributed by atoms with Crippen LogP contribution in [0, 0.1) is 0 Å². The average molecular weight is 364 g/mol. The lowest BCUT2D eigenvalue weighted by Gasteiger charge is -2.02. The number of thioether (sulfide) groups is 1. The van der Waals surface area contributed by atoms with Crippen molar-refractivity contribution < 1.29 is 4.52 Å². The van der Waals surface area contributed by atoms with Gasteiger partial charge in [0.2, 0.25) is 16.9 Å². The molecule has 0 aliphatic carbocycles. The van der Waals surface area contributed by atoms with Gasteiger partial charge in [-0.25, -0.2) is 0 Å². The molecule has 0 spiro atoms. The SMILES string of the molecule is CCc1ccc(-c2noc(CSc3nnnn3-c3ccccc3)n2)cc1. The van der Waals surface area contributed by atoms with Gasteiger partial charge in [0, 0.05) is 5.56 Å². The lowest BCUT2D eigenvalue weighted by Crippen LogP contribution is -1.98. The van der Waals surface area contributed by atoms with E-state index in [1.165, 1.54) is 17.3 Å². The van der Waals surface area contributed by atoms with Gasteiger partial charge in [-0.2, -0.15) is 9.67 Å². The van der Waals surface area contributed by atoms with Crippen LogP contribution in [0.5, 0.6) is 0 Å². The first kappa shape index (κ1) is 16.5. The third-order valence-corrected chi connectivity index (χ3v) is 4.76. The van der Waals surface area contributed by atoms with Crippen LogP contribution in [0.4, 0.5) is 0 Å². The molecule has 0 saturated heterocycles. The van der Waals surface area contributed by atoms with Gasteiger partial charge in [-0.15, -0.1) is 5.10 Å². The summed E-state index contributed by atoms with van der Waals surface area (Å²) in [6, 6.07) is 17.9. The van der Waals surface area contributed by atoms with Crippen LogP contribution < -0.4 is 0 Å². The van der Waals surface area contributed by atoms with Gasteiger partial charge in [-0.3, -0.25) is 0 Å². The minimum Gasteiger partial charge on any atom is -0.338 e. The van der Waals surface area contributed by atoms with Crippen molar-refractivity contribution in [3.63, 3.8) is 0 Å². The molecule has 130 valence electrons. The zero-order valence-corrected chi connectivity index (χ0v) is 14.9. The first-order valence-corrected chi connectivity index (χ1v) is 9.20. The standard InChI is InChI=1S/C18H16N6OS/c1-2-13-8-10-14(11-9-13)17-19-16(25-21-17)12-26-18-20-22-23-24(18)15-6-4-3-5-7-15/h3-11H,2,12H2,1H3. The molecule has 0 radical (unpaired) electrons. The summed E-state index contributed by atoms with van der Waals surface area (Å²) in [7, 11) is 0. The number of rotatable bonds is 6. The van der Waals surface area contributed by atoms with Gasteiger partial charge in [0.1, 0.15) is 0 Å². The van der Waals surface area contributed by atoms with Crippen LogP contribution in [0.1, 0.15) is 18.4 Å². The molecule has 0 unspecified atom stereocenters. The van der Waals surface area contributed by atoms with E-state index >= 15 is 0 Å². The van der Waals surface area contributed by atoms with Crippen molar-refractivity contribution in [3.8, 4) is 17.1 Å². The number of hydrogen-bond acceptors (Lipinski definition) is 7. The van der Waals surface area contributed by atoms with Gasteiger partial charge in [0.25, 0.3) is 0 Å². The normalized spacial score (nSPS) is 11.0. The average Bonchev–Trinajstić information content (AvgIpc) is 3.36. The number of aryl methyl sites for hydroxylation is 1. The third kappa shape index (κ3) is 3.50. The van der Waals surface area contributed by atoms with Gasteiger partial charge in [-0.1, -0.05) is 66.3 Å². The second-order valence-electron chi connectivity index (χ2n) is 5.56. The van der Waals surface area contributed by atoms with Gasteiger partial charge in [-0.05, 0) is 34.5 Å². The van der Waals surface area contributed by atoms with Crippen molar-refractivity contribution in [3.05, 3.63) is 66.1 Å². The van der Waals surface area contributed by atoms with E-state index in [0.29, 0.717) is 22.6 Å². The van der Waals surface area contributed by atoms with Crippen LogP contribution >= 0.6 is 11.8 Å². The minimum atomic E-state index is 0.493. The molecule has 2 aromatic heterocycles. The summed E-state index contributed by atoms with van der Waals surface area (Å²) >= 11 is 1.45. The van der Waals surface area contributed by atoms with E-state index in [1.807, 2.05) is 42.5 Å². The van der Waals surface area contributed by atoms with Crippen molar-refractivity contribution in [2.45, 2.75) is 24.3 Å². The molecule has 0 aliphatic rings. The molecule has 2 heterocycles. The Balaban J connectivity index is 1.46. The molecule has 0 fully saturated rings. The molecule has 0 amide bonds. The summed E-state index contributed by atoms with van der Waals surface area (Å²) in [6.07, 6.45) is 1.00. The van der Waals surface area contributed by atoms with Crippen LogP contribution in [0.15, 0.2) is 64.3 Å². The maximum absolute atomic E-state index is 5.36. The molecular formula is C18H16N6OS. The number of benzene rings is 2. The summed E-state index contributed by atoms with van der Waals surface area (Å²) < 4.78 is 7.05. The Hall–Kier alpha value is -3.00. The Morgan fingerprint density at radius 3 is 2.62 bits per heavy atom. The first-order chi connectivity index (χ1) is 12.8. The highest BCUT2D eigenvalue weighted by Crippen LogP contribution is 2.23. The Bertz CT molecular complexity index is 980. The molecule has 4 aromatic rings. The van der Waals surface area contributed by atoms with E-state index in [0.717, 1.165) is 17.7 Å². The smallest absolute Gasteiger partial charge is 0.237 e. The molecule has 2 aromatic carbocycles. The fraction of sp³-hybridized carbons (Fsp3) is 0.167. The maximum atomic E-state index is 5.36. The van der Waals surface area contributed by atoms with E-state index in [-0.39, 0.29) is 0 Å². The number of tetrazole rings is 1. The predicted molar refractivity (Wildman–Crippen MR) is 97.8 cm³/mol. The molecule has 0 aliphatic heterocycles. The fourth-order valence-corrected chi connectivity index (χ4v) is 3.18. The Labute approximate surface area is 154 Å². The van der Waals surface area contributed by atoms with Gasteiger partial charge >= 0.3 is 0 Å². The summed E-state index contributed by atoms with van der Waals surface area (Å²) in [5.74, 6) is 1.62. The minimum absolute atomic E-state index is 0.493. The Kier molecular flexibility index (Phi) is 4.74. The Morgan fingerprint density at radius 1 is 1.04 bits per heavy atom. The van der Waals surface area contributed by atoms with Crippen molar-refractivity contribution in [2.24, 2.45) is 0 Å². The van der Waals surface area contributed by atoms with Crippen LogP contribution in [0.3, 0.4) is 0 Å². The highest BCUT2D eigenvalue weighted by molar-refractivity contribution is 7.98. The lowest BCUT2D eigenvalue weighted by molar-refractivity contribution is 0.391. The van der Waals surface area contributed by atoms with Crippen molar-refractivity contribution in [2.75, 3.05) is 0 Å². The van der Waals surface area contributed by atoms with Crippen LogP contribution in [-0.2, 0) is 12.2 Å². The summed E-state index contributed by atoms with van der Waals surface area (Å²) in [5, 5.41) is 16.6. The molecule has 0 atom stereocenters. The molecule has 0 saturated carbocycles. The van der Waals surface area contributed by atoms with E-state index < -0.39 is 0 Å². The number of nitrogens with zero attached hydrogens (tertiary/aromatic N) is 6. The Morgan fingerprint density at radius 2 is 1.85 bits per heavy atom. The predicted octanol–water partition coefficient (Wildman–Crippen LogP) is 3.57. The van der Waals surface area contributed by atoms with Crippen LogP contribution in [0.2, 0.25) is 0 Å². The van der Waals surface area contributed by atoms with Crippen molar-refractivity contribution in [1.82, 2.24) is 30.3 Å². The summed E-state index contributed by atoms with van der Waals surface area (Å²) in [6.45, 7) is 2.13. The highest BCUT2D eigenvalue weighted by atomic mass is 32.2. The second kappa shape index (κ2) is 7.49. The topological polar surface area (TPSA) is 82.5 Å². The zero-order chi connectivity index (χ0) is 17.8. The molecule has 26 heavy (non-hydrogen) atoms. The van der Waals surface area contributed by atoms with E-state index in [4.69, 9.17) is 4.52 Å². The van der Waals surface area contributed by atoms with Gasteiger partial charge in [0.05, 0.1) is 11.4 Å². The van der Waals surface area contributed by atoms with Crippen molar-refractivity contribution >= 4 is 11.8 Å². The van der Waals surface area contributed by atoms with Gasteiger partial charge < -0.3 is 4.52 Å². The number of aromatic nitrogens is 6. The van der Waals surface area contributed by atoms with Gasteiger partial charge in [0.15, 0.2) is 0 Å². The summed E-state index contributed by atoms with van der Waals surface area (Å²) in [5.41, 5.74) is 3.12. The molecule has 4 rings (SSSR count). The molecule has 0 N–H and O–H groups in total. The quantitative estimate of drug-likeness (QED) is 0.484. The second-order valence-corrected chi connectivity index (χ2v) is 6.50. The fourth-order valence-electron chi connectivity index (χ4n) is 2.45. The van der Waals surface area contributed by atoms with E-state index in [2.05, 4.69) is 44.7 Å². The van der Waals surface area contributed by atoms with E-state index in [9.17, 15) is 0 Å². The molecule has 8 heteroatoms. The monoisotopic (exact) mass is 364 g/mol. The largest absolute Gasteiger partial charge is 0.338 e. The van der Waals surface area contributed by atoms with Crippen LogP contribution in [-0.4, -0.2) is 30.3 Å². The number of hydrogen-bond donors (Lipinski definition) is 0. The molecule has 7 nitrogen and oxygen atoms in total. The molecular weight excluding hydrogens is 348 g/mol. The number of para-hydroxylation sites is 1. The van der Waals surface area contributed by atoms with E-state index in [1.54, 1.807) is 4.68 Å². The van der Waals surface area contributed by atoms with Crippen LogP contribution in [0.25, 0.3) is 17.1 Å². The zero-order valence-electron chi connectivity index (χ0n) is 14.1. The van der Waals surface area contributed by atoms with Crippen molar-refractivity contribution in [1.29, 1.82) is 0 Å². The summed E-state index contributed by atoms with van der Waals surface area (Å²) in [4.78, 5) is 4.46. The first-order valence-electron chi connectivity index (χ1n) is 8.22. The molecule has 0 bridgehead atoms.